The normalized spacial score (nSPS) is 19.5. The van der Waals surface area contributed by atoms with Crippen molar-refractivity contribution in [1.29, 1.82) is 5.26 Å². The van der Waals surface area contributed by atoms with Crippen molar-refractivity contribution in [2.45, 2.75) is 6.10 Å². The van der Waals surface area contributed by atoms with Gasteiger partial charge < -0.3 is 14.4 Å². The molecule has 1 aliphatic rings. The molecule has 6 heteroatoms. The number of halogens is 1. The van der Waals surface area contributed by atoms with Crippen LogP contribution in [0.3, 0.4) is 0 Å². The summed E-state index contributed by atoms with van der Waals surface area (Å²) < 4.78 is 10.1. The number of carbonyl (C=O) groups excluding carboxylic acids is 1. The highest BCUT2D eigenvalue weighted by Crippen LogP contribution is 2.30. The Morgan fingerprint density at radius 2 is 2.39 bits per heavy atom. The molecule has 0 N–H and O–H groups in total. The third kappa shape index (κ3) is 2.40. The number of ether oxygens (including phenoxy) is 2. The van der Waals surface area contributed by atoms with Gasteiger partial charge in [-0.15, -0.1) is 0 Å². The molecule has 1 aromatic carbocycles. The van der Waals surface area contributed by atoms with Crippen LogP contribution in [0.5, 0.6) is 5.75 Å². The average molecular weight is 267 g/mol. The minimum atomic E-state index is -0.608. The maximum atomic E-state index is 11.7. The van der Waals surface area contributed by atoms with Gasteiger partial charge in [0, 0.05) is 5.69 Å². The van der Waals surface area contributed by atoms with E-state index >= 15 is 0 Å². The number of hydrogen-bond donors (Lipinski definition) is 0. The van der Waals surface area contributed by atoms with E-state index in [-0.39, 0.29) is 19.1 Å². The summed E-state index contributed by atoms with van der Waals surface area (Å²) in [5.74, 6) is 0.348. The molecule has 1 amide bonds. The second-order valence-electron chi connectivity index (χ2n) is 3.75. The van der Waals surface area contributed by atoms with Crippen LogP contribution in [0.4, 0.5) is 5.69 Å². The van der Waals surface area contributed by atoms with Crippen LogP contribution in [0.2, 0.25) is 5.02 Å². The molecule has 0 aromatic heterocycles. The van der Waals surface area contributed by atoms with Gasteiger partial charge in [-0.3, -0.25) is 4.79 Å². The summed E-state index contributed by atoms with van der Waals surface area (Å²) in [5, 5.41) is 9.24. The highest BCUT2D eigenvalue weighted by molar-refractivity contribution is 6.32. The second-order valence-corrected chi connectivity index (χ2v) is 4.16. The van der Waals surface area contributed by atoms with Gasteiger partial charge in [-0.2, -0.15) is 5.26 Å². The Morgan fingerprint density at radius 1 is 1.61 bits per heavy atom. The van der Waals surface area contributed by atoms with Crippen LogP contribution in [-0.2, 0) is 9.53 Å². The summed E-state index contributed by atoms with van der Waals surface area (Å²) >= 11 is 6.01. The topological polar surface area (TPSA) is 62.6 Å². The van der Waals surface area contributed by atoms with Gasteiger partial charge in [0.05, 0.1) is 24.7 Å². The molecule has 0 spiro atoms. The largest absolute Gasteiger partial charge is 0.495 e. The number of morpholine rings is 1. The molecule has 1 saturated heterocycles. The lowest BCUT2D eigenvalue weighted by Gasteiger charge is -2.29. The number of hydrogen-bond acceptors (Lipinski definition) is 4. The second kappa shape index (κ2) is 5.25. The van der Waals surface area contributed by atoms with Gasteiger partial charge in [-0.05, 0) is 18.2 Å². The van der Waals surface area contributed by atoms with Gasteiger partial charge in [0.25, 0.3) is 5.91 Å². The predicted molar refractivity (Wildman–Crippen MR) is 65.7 cm³/mol. The molecule has 1 unspecified atom stereocenters. The van der Waals surface area contributed by atoms with Crippen molar-refractivity contribution in [3.05, 3.63) is 23.2 Å². The molecule has 1 aromatic rings. The molecular weight excluding hydrogens is 256 g/mol. The first kappa shape index (κ1) is 12.7. The van der Waals surface area contributed by atoms with E-state index in [9.17, 15) is 4.79 Å². The maximum Gasteiger partial charge on any atom is 0.253 e. The number of amides is 1. The van der Waals surface area contributed by atoms with E-state index in [0.29, 0.717) is 16.5 Å². The number of carbonyl (C=O) groups is 1. The molecule has 1 heterocycles. The van der Waals surface area contributed by atoms with Crippen molar-refractivity contribution in [2.24, 2.45) is 0 Å². The third-order valence-corrected chi connectivity index (χ3v) is 2.94. The highest BCUT2D eigenvalue weighted by Gasteiger charge is 2.27. The van der Waals surface area contributed by atoms with E-state index in [4.69, 9.17) is 26.3 Å². The molecule has 18 heavy (non-hydrogen) atoms. The van der Waals surface area contributed by atoms with Gasteiger partial charge >= 0.3 is 0 Å². The Balaban J connectivity index is 2.27. The lowest BCUT2D eigenvalue weighted by molar-refractivity contribution is -0.127. The van der Waals surface area contributed by atoms with Crippen LogP contribution in [-0.4, -0.2) is 32.3 Å². The fraction of sp³-hybridized carbons (Fsp3) is 0.333. The number of methoxy groups -OCH3 is 1. The molecule has 1 aliphatic heterocycles. The quantitative estimate of drug-likeness (QED) is 0.816. The maximum absolute atomic E-state index is 11.7. The first-order valence-corrected chi connectivity index (χ1v) is 5.68. The van der Waals surface area contributed by atoms with Crippen LogP contribution < -0.4 is 9.64 Å². The molecule has 0 bridgehead atoms. The zero-order chi connectivity index (χ0) is 13.1. The molecule has 1 fully saturated rings. The van der Waals surface area contributed by atoms with Crippen LogP contribution in [0.25, 0.3) is 0 Å². The van der Waals surface area contributed by atoms with Gasteiger partial charge in [-0.1, -0.05) is 11.6 Å². The van der Waals surface area contributed by atoms with Crippen molar-refractivity contribution < 1.29 is 14.3 Å². The third-order valence-electron chi connectivity index (χ3n) is 2.65. The van der Waals surface area contributed by atoms with Gasteiger partial charge in [0.2, 0.25) is 0 Å². The first-order valence-electron chi connectivity index (χ1n) is 5.31. The lowest BCUT2D eigenvalue weighted by atomic mass is 10.2. The zero-order valence-electron chi connectivity index (χ0n) is 9.72. The summed E-state index contributed by atoms with van der Waals surface area (Å²) in [6.07, 6.45) is -0.608. The van der Waals surface area contributed by atoms with Crippen LogP contribution in [0.1, 0.15) is 0 Å². The number of nitrogens with zero attached hydrogens (tertiary/aromatic N) is 2. The van der Waals surface area contributed by atoms with Crippen molar-refractivity contribution in [1.82, 2.24) is 0 Å². The van der Waals surface area contributed by atoms with Crippen molar-refractivity contribution in [2.75, 3.05) is 25.2 Å². The summed E-state index contributed by atoms with van der Waals surface area (Å²) in [4.78, 5) is 13.2. The van der Waals surface area contributed by atoms with E-state index in [1.165, 1.54) is 12.0 Å². The predicted octanol–water partition coefficient (Wildman–Crippen LogP) is 1.60. The fourth-order valence-electron chi connectivity index (χ4n) is 1.72. The SMILES string of the molecule is COc1ccc(N2CC(C#N)OCC2=O)cc1Cl. The van der Waals surface area contributed by atoms with E-state index < -0.39 is 6.10 Å². The van der Waals surface area contributed by atoms with Crippen molar-refractivity contribution in [3.8, 4) is 11.8 Å². The molecule has 0 aliphatic carbocycles. The van der Waals surface area contributed by atoms with Crippen LogP contribution in [0, 0.1) is 11.3 Å². The van der Waals surface area contributed by atoms with Gasteiger partial charge in [0.1, 0.15) is 12.4 Å². The Hall–Kier alpha value is -1.77. The standard InChI is InChI=1S/C12H11ClN2O3/c1-17-11-3-2-8(4-10(11)13)15-6-9(5-14)18-7-12(15)16/h2-4,9H,6-7H2,1H3. The Kier molecular flexibility index (Phi) is 3.70. The Bertz CT molecular complexity index is 513. The van der Waals surface area contributed by atoms with Crippen LogP contribution >= 0.6 is 11.6 Å². The average Bonchev–Trinajstić information content (AvgIpc) is 2.39. The van der Waals surface area contributed by atoms with E-state index in [1.807, 2.05) is 6.07 Å². The molecule has 0 saturated carbocycles. The summed E-state index contributed by atoms with van der Waals surface area (Å²) in [6.45, 7) is 0.111. The molecule has 1 atom stereocenters. The first-order chi connectivity index (χ1) is 8.65. The van der Waals surface area contributed by atoms with E-state index in [1.54, 1.807) is 18.2 Å². The van der Waals surface area contributed by atoms with Gasteiger partial charge in [0.15, 0.2) is 6.10 Å². The zero-order valence-corrected chi connectivity index (χ0v) is 10.5. The monoisotopic (exact) mass is 266 g/mol. The molecule has 2 rings (SSSR count). The molecule has 94 valence electrons. The summed E-state index contributed by atoms with van der Waals surface area (Å²) in [5.41, 5.74) is 0.634. The molecule has 5 nitrogen and oxygen atoms in total. The van der Waals surface area contributed by atoms with Crippen molar-refractivity contribution in [3.63, 3.8) is 0 Å². The van der Waals surface area contributed by atoms with E-state index in [2.05, 4.69) is 0 Å². The Morgan fingerprint density at radius 3 is 3.00 bits per heavy atom. The smallest absolute Gasteiger partial charge is 0.253 e. The van der Waals surface area contributed by atoms with Crippen LogP contribution in [0.15, 0.2) is 18.2 Å². The summed E-state index contributed by atoms with van der Waals surface area (Å²) in [6, 6.07) is 7.03. The molecule has 0 radical (unpaired) electrons. The van der Waals surface area contributed by atoms with E-state index in [0.717, 1.165) is 0 Å². The molecular formula is C12H11ClN2O3. The fourth-order valence-corrected chi connectivity index (χ4v) is 1.97. The number of rotatable bonds is 2. The number of anilines is 1. The lowest BCUT2D eigenvalue weighted by Crippen LogP contribution is -2.46. The minimum Gasteiger partial charge on any atom is -0.495 e. The number of nitriles is 1. The summed E-state index contributed by atoms with van der Waals surface area (Å²) in [7, 11) is 1.52. The van der Waals surface area contributed by atoms with Gasteiger partial charge in [-0.25, -0.2) is 0 Å². The Labute approximate surface area is 109 Å². The number of benzene rings is 1. The van der Waals surface area contributed by atoms with Crippen molar-refractivity contribution >= 4 is 23.2 Å². The highest BCUT2D eigenvalue weighted by atomic mass is 35.5. The minimum absolute atomic E-state index is 0.0954.